The Morgan fingerprint density at radius 1 is 1.44 bits per heavy atom. The molecular weight excluding hydrogens is 238 g/mol. The van der Waals surface area contributed by atoms with E-state index >= 15 is 0 Å². The van der Waals surface area contributed by atoms with Crippen molar-refractivity contribution in [2.24, 2.45) is 0 Å². The summed E-state index contributed by atoms with van der Waals surface area (Å²) in [6, 6.07) is 5.83. The van der Waals surface area contributed by atoms with E-state index in [1.54, 1.807) is 6.92 Å². The van der Waals surface area contributed by atoms with Gasteiger partial charge in [-0.05, 0) is 31.9 Å². The van der Waals surface area contributed by atoms with Crippen LogP contribution in [0, 0.1) is 23.0 Å². The van der Waals surface area contributed by atoms with Crippen LogP contribution in [0.2, 0.25) is 0 Å². The molecule has 0 heterocycles. The second kappa shape index (κ2) is 4.91. The van der Waals surface area contributed by atoms with E-state index in [-0.39, 0.29) is 12.4 Å². The van der Waals surface area contributed by atoms with Gasteiger partial charge in [0.25, 0.3) is 0 Å². The molecule has 1 aromatic carbocycles. The third-order valence-electron chi connectivity index (χ3n) is 2.77. The van der Waals surface area contributed by atoms with Gasteiger partial charge in [-0.2, -0.15) is 5.26 Å². The third kappa shape index (κ3) is 3.17. The number of nitrogens with zero attached hydrogens (tertiary/aromatic N) is 1. The molecule has 0 amide bonds. The zero-order chi connectivity index (χ0) is 13.2. The Labute approximate surface area is 104 Å². The van der Waals surface area contributed by atoms with Gasteiger partial charge in [0.05, 0.1) is 6.07 Å². The minimum Gasteiger partial charge on any atom is -0.490 e. The molecule has 2 rings (SSSR count). The van der Waals surface area contributed by atoms with Gasteiger partial charge < -0.3 is 4.74 Å². The number of ether oxygens (including phenoxy) is 1. The fraction of sp³-hybridized carbons (Fsp3) is 0.462. The smallest absolute Gasteiger partial charge is 0.162 e. The lowest BCUT2D eigenvalue weighted by atomic mass is 10.1. The van der Waals surface area contributed by atoms with Gasteiger partial charge in [-0.25, -0.2) is 8.78 Å². The van der Waals surface area contributed by atoms with Crippen LogP contribution in [-0.2, 0) is 0 Å². The topological polar surface area (TPSA) is 45.0 Å². The Balaban J connectivity index is 1.96. The van der Waals surface area contributed by atoms with Crippen LogP contribution in [0.15, 0.2) is 18.2 Å². The monoisotopic (exact) mass is 252 g/mol. The Hall–Kier alpha value is -1.67. The molecule has 0 saturated heterocycles. The molecule has 1 saturated carbocycles. The molecule has 18 heavy (non-hydrogen) atoms. The molecule has 96 valence electrons. The predicted octanol–water partition coefficient (Wildman–Crippen LogP) is 2.38. The van der Waals surface area contributed by atoms with E-state index in [0.717, 1.165) is 25.0 Å². The SMILES string of the molecule is CC(C#N)(COc1ccc(F)c(F)c1)NC1CC1. The maximum absolute atomic E-state index is 13.0. The van der Waals surface area contributed by atoms with Crippen LogP contribution in [0.4, 0.5) is 8.78 Å². The van der Waals surface area contributed by atoms with Crippen LogP contribution >= 0.6 is 0 Å². The normalized spacial score (nSPS) is 17.9. The van der Waals surface area contributed by atoms with Crippen LogP contribution in [0.1, 0.15) is 19.8 Å². The standard InChI is InChI=1S/C13H14F2N2O/c1-13(7-16,17-9-2-3-9)8-18-10-4-5-11(14)12(15)6-10/h4-6,9,17H,2-3,8H2,1H3. The molecule has 1 N–H and O–H groups in total. The van der Waals surface area contributed by atoms with E-state index in [1.165, 1.54) is 6.07 Å². The summed E-state index contributed by atoms with van der Waals surface area (Å²) in [6.07, 6.45) is 2.12. The van der Waals surface area contributed by atoms with Gasteiger partial charge in [-0.1, -0.05) is 0 Å². The largest absolute Gasteiger partial charge is 0.490 e. The number of nitrogens with one attached hydrogen (secondary N) is 1. The molecule has 1 atom stereocenters. The molecule has 5 heteroatoms. The predicted molar refractivity (Wildman–Crippen MR) is 62.0 cm³/mol. The fourth-order valence-electron chi connectivity index (χ4n) is 1.58. The summed E-state index contributed by atoms with van der Waals surface area (Å²) in [5.74, 6) is -1.66. The maximum atomic E-state index is 13.0. The van der Waals surface area contributed by atoms with Crippen molar-refractivity contribution in [3.8, 4) is 11.8 Å². The second-order valence-corrected chi connectivity index (χ2v) is 4.73. The van der Waals surface area contributed by atoms with E-state index in [9.17, 15) is 8.78 Å². The Morgan fingerprint density at radius 2 is 2.17 bits per heavy atom. The average Bonchev–Trinajstić information content (AvgIpc) is 3.15. The highest BCUT2D eigenvalue weighted by Gasteiger charge is 2.33. The van der Waals surface area contributed by atoms with Crippen LogP contribution in [0.3, 0.4) is 0 Å². The van der Waals surface area contributed by atoms with Crippen molar-refractivity contribution in [1.82, 2.24) is 5.32 Å². The minimum absolute atomic E-state index is 0.0884. The van der Waals surface area contributed by atoms with E-state index in [1.807, 2.05) is 0 Å². The Bertz CT molecular complexity index is 482. The van der Waals surface area contributed by atoms with Crippen molar-refractivity contribution in [2.75, 3.05) is 6.61 Å². The summed E-state index contributed by atoms with van der Waals surface area (Å²) in [5, 5.41) is 12.3. The van der Waals surface area contributed by atoms with Gasteiger partial charge in [0, 0.05) is 12.1 Å². The molecule has 0 bridgehead atoms. The van der Waals surface area contributed by atoms with Crippen molar-refractivity contribution in [3.63, 3.8) is 0 Å². The zero-order valence-corrected chi connectivity index (χ0v) is 10.0. The number of hydrogen-bond acceptors (Lipinski definition) is 3. The van der Waals surface area contributed by atoms with Crippen LogP contribution in [-0.4, -0.2) is 18.2 Å². The first-order valence-corrected chi connectivity index (χ1v) is 5.79. The molecule has 1 unspecified atom stereocenters. The lowest BCUT2D eigenvalue weighted by molar-refractivity contribution is 0.231. The van der Waals surface area contributed by atoms with Gasteiger partial charge in [-0.3, -0.25) is 5.32 Å². The highest BCUT2D eigenvalue weighted by Crippen LogP contribution is 2.23. The zero-order valence-electron chi connectivity index (χ0n) is 10.0. The number of halogens is 2. The molecule has 0 radical (unpaired) electrons. The summed E-state index contributed by atoms with van der Waals surface area (Å²) < 4.78 is 31.0. The van der Waals surface area contributed by atoms with E-state index in [0.29, 0.717) is 6.04 Å². The van der Waals surface area contributed by atoms with Gasteiger partial charge >= 0.3 is 0 Å². The number of hydrogen-bond donors (Lipinski definition) is 1. The fourth-order valence-corrected chi connectivity index (χ4v) is 1.58. The first kappa shape index (κ1) is 12.8. The summed E-state index contributed by atoms with van der Waals surface area (Å²) in [4.78, 5) is 0. The first-order chi connectivity index (χ1) is 8.52. The lowest BCUT2D eigenvalue weighted by Gasteiger charge is -2.23. The van der Waals surface area contributed by atoms with Crippen molar-refractivity contribution in [3.05, 3.63) is 29.8 Å². The molecule has 0 spiro atoms. The second-order valence-electron chi connectivity index (χ2n) is 4.73. The molecule has 1 aliphatic rings. The highest BCUT2D eigenvalue weighted by atomic mass is 19.2. The van der Waals surface area contributed by atoms with Gasteiger partial charge in [0.1, 0.15) is 17.9 Å². The summed E-state index contributed by atoms with van der Waals surface area (Å²) in [7, 11) is 0. The summed E-state index contributed by atoms with van der Waals surface area (Å²) in [5.41, 5.74) is -0.813. The molecule has 0 aromatic heterocycles. The van der Waals surface area contributed by atoms with Crippen LogP contribution in [0.5, 0.6) is 5.75 Å². The highest BCUT2D eigenvalue weighted by molar-refractivity contribution is 5.24. The molecule has 1 fully saturated rings. The van der Waals surface area contributed by atoms with Crippen molar-refractivity contribution in [1.29, 1.82) is 5.26 Å². The summed E-state index contributed by atoms with van der Waals surface area (Å²) >= 11 is 0. The van der Waals surface area contributed by atoms with Crippen molar-refractivity contribution in [2.45, 2.75) is 31.3 Å². The quantitative estimate of drug-likeness (QED) is 0.875. The maximum Gasteiger partial charge on any atom is 0.162 e. The van der Waals surface area contributed by atoms with E-state index in [2.05, 4.69) is 11.4 Å². The van der Waals surface area contributed by atoms with Crippen LogP contribution < -0.4 is 10.1 Å². The summed E-state index contributed by atoms with van der Waals surface area (Å²) in [6.45, 7) is 1.82. The Kier molecular flexibility index (Phi) is 3.48. The average molecular weight is 252 g/mol. The number of rotatable bonds is 5. The molecule has 3 nitrogen and oxygen atoms in total. The number of benzene rings is 1. The van der Waals surface area contributed by atoms with E-state index in [4.69, 9.17) is 10.00 Å². The molecule has 1 aromatic rings. The van der Waals surface area contributed by atoms with Crippen molar-refractivity contribution < 1.29 is 13.5 Å². The van der Waals surface area contributed by atoms with Gasteiger partial charge in [-0.15, -0.1) is 0 Å². The van der Waals surface area contributed by atoms with E-state index < -0.39 is 17.2 Å². The Morgan fingerprint density at radius 3 is 2.72 bits per heavy atom. The van der Waals surface area contributed by atoms with Gasteiger partial charge in [0.15, 0.2) is 11.6 Å². The number of nitriles is 1. The molecule has 0 aliphatic heterocycles. The molecular formula is C13H14F2N2O. The van der Waals surface area contributed by atoms with Crippen LogP contribution in [0.25, 0.3) is 0 Å². The minimum atomic E-state index is -0.957. The molecule has 1 aliphatic carbocycles. The third-order valence-corrected chi connectivity index (χ3v) is 2.77. The van der Waals surface area contributed by atoms with Gasteiger partial charge in [0.2, 0.25) is 0 Å². The van der Waals surface area contributed by atoms with Crippen molar-refractivity contribution >= 4 is 0 Å². The lowest BCUT2D eigenvalue weighted by Crippen LogP contribution is -2.47. The first-order valence-electron chi connectivity index (χ1n) is 5.79.